The Kier molecular flexibility index (Phi) is 6.97. The summed E-state index contributed by atoms with van der Waals surface area (Å²) in [5.74, 6) is 1.89. The average Bonchev–Trinajstić information content (AvgIpc) is 2.86. The molecule has 31 heavy (non-hydrogen) atoms. The normalized spacial score (nSPS) is 19.2. The van der Waals surface area contributed by atoms with Gasteiger partial charge in [0.15, 0.2) is 5.96 Å². The van der Waals surface area contributed by atoms with Crippen LogP contribution >= 0.6 is 0 Å². The SMILES string of the molecule is CN=C(NCC1(c2ccc(OC)cc2)CCOCC1)N1CCN(c2ccccc2)CC1. The molecule has 2 fully saturated rings. The number of methoxy groups -OCH3 is 1. The van der Waals surface area contributed by atoms with Crippen molar-refractivity contribution in [2.24, 2.45) is 4.99 Å². The first-order valence-electron chi connectivity index (χ1n) is 11.2. The molecule has 0 radical (unpaired) electrons. The minimum atomic E-state index is 0.0479. The predicted octanol–water partition coefficient (Wildman–Crippen LogP) is 3.14. The maximum atomic E-state index is 5.70. The predicted molar refractivity (Wildman–Crippen MR) is 126 cm³/mol. The lowest BCUT2D eigenvalue weighted by Crippen LogP contribution is -2.55. The molecule has 0 spiro atoms. The fourth-order valence-electron chi connectivity index (χ4n) is 4.67. The molecule has 2 aromatic rings. The number of nitrogens with one attached hydrogen (secondary N) is 1. The van der Waals surface area contributed by atoms with E-state index in [1.54, 1.807) is 7.11 Å². The molecule has 6 nitrogen and oxygen atoms in total. The van der Waals surface area contributed by atoms with Crippen LogP contribution in [0.15, 0.2) is 59.6 Å². The van der Waals surface area contributed by atoms with Crippen LogP contribution < -0.4 is 15.0 Å². The number of para-hydroxylation sites is 1. The van der Waals surface area contributed by atoms with Crippen LogP contribution in [0.2, 0.25) is 0 Å². The van der Waals surface area contributed by atoms with Gasteiger partial charge in [-0.3, -0.25) is 4.99 Å². The first kappa shape index (κ1) is 21.5. The first-order valence-corrected chi connectivity index (χ1v) is 11.2. The van der Waals surface area contributed by atoms with Gasteiger partial charge in [0, 0.05) is 64.1 Å². The number of ether oxygens (including phenoxy) is 2. The number of benzene rings is 2. The van der Waals surface area contributed by atoms with Crippen molar-refractivity contribution in [1.82, 2.24) is 10.2 Å². The van der Waals surface area contributed by atoms with Gasteiger partial charge >= 0.3 is 0 Å². The van der Waals surface area contributed by atoms with Gasteiger partial charge in [0.25, 0.3) is 0 Å². The molecular formula is C25H34N4O2. The lowest BCUT2D eigenvalue weighted by molar-refractivity contribution is 0.0511. The van der Waals surface area contributed by atoms with Crippen molar-refractivity contribution >= 4 is 11.6 Å². The van der Waals surface area contributed by atoms with Crippen molar-refractivity contribution in [2.45, 2.75) is 18.3 Å². The number of piperazine rings is 1. The van der Waals surface area contributed by atoms with Crippen molar-refractivity contribution in [3.05, 3.63) is 60.2 Å². The second kappa shape index (κ2) is 10.1. The van der Waals surface area contributed by atoms with Crippen LogP contribution in [0.5, 0.6) is 5.75 Å². The van der Waals surface area contributed by atoms with Crippen LogP contribution in [-0.4, -0.2) is 71.0 Å². The molecule has 2 aliphatic rings. The zero-order chi connectivity index (χ0) is 21.5. The molecule has 166 valence electrons. The van der Waals surface area contributed by atoms with E-state index in [9.17, 15) is 0 Å². The highest BCUT2D eigenvalue weighted by Crippen LogP contribution is 2.35. The monoisotopic (exact) mass is 422 g/mol. The van der Waals surface area contributed by atoms with Gasteiger partial charge in [-0.15, -0.1) is 0 Å². The first-order chi connectivity index (χ1) is 15.2. The zero-order valence-electron chi connectivity index (χ0n) is 18.7. The van der Waals surface area contributed by atoms with Gasteiger partial charge in [-0.05, 0) is 42.7 Å². The van der Waals surface area contributed by atoms with Gasteiger partial charge in [-0.1, -0.05) is 30.3 Å². The van der Waals surface area contributed by atoms with Crippen LogP contribution in [0.3, 0.4) is 0 Å². The third-order valence-electron chi connectivity index (χ3n) is 6.65. The molecule has 2 aliphatic heterocycles. The second-order valence-corrected chi connectivity index (χ2v) is 8.33. The van der Waals surface area contributed by atoms with Gasteiger partial charge in [0.1, 0.15) is 5.75 Å². The Morgan fingerprint density at radius 2 is 1.68 bits per heavy atom. The number of rotatable bonds is 5. The van der Waals surface area contributed by atoms with E-state index in [4.69, 9.17) is 9.47 Å². The van der Waals surface area contributed by atoms with E-state index < -0.39 is 0 Å². The van der Waals surface area contributed by atoms with Crippen LogP contribution in [-0.2, 0) is 10.2 Å². The Bertz CT molecular complexity index is 840. The third-order valence-corrected chi connectivity index (χ3v) is 6.65. The summed E-state index contributed by atoms with van der Waals surface area (Å²) in [5.41, 5.74) is 2.69. The van der Waals surface area contributed by atoms with Crippen LogP contribution in [0.4, 0.5) is 5.69 Å². The number of hydrogen-bond acceptors (Lipinski definition) is 4. The molecule has 2 saturated heterocycles. The van der Waals surface area contributed by atoms with Crippen molar-refractivity contribution in [2.75, 3.05) is 65.0 Å². The molecule has 6 heteroatoms. The average molecular weight is 423 g/mol. The van der Waals surface area contributed by atoms with Crippen molar-refractivity contribution < 1.29 is 9.47 Å². The summed E-state index contributed by atoms with van der Waals surface area (Å²) >= 11 is 0. The molecule has 0 aromatic heterocycles. The van der Waals surface area contributed by atoms with E-state index >= 15 is 0 Å². The molecule has 0 unspecified atom stereocenters. The number of nitrogens with zero attached hydrogens (tertiary/aromatic N) is 3. The maximum absolute atomic E-state index is 5.70. The summed E-state index contributed by atoms with van der Waals surface area (Å²) < 4.78 is 11.1. The summed E-state index contributed by atoms with van der Waals surface area (Å²) in [6, 6.07) is 19.2. The Labute approximate surface area is 185 Å². The molecule has 2 aromatic carbocycles. The molecule has 0 amide bonds. The van der Waals surface area contributed by atoms with Crippen LogP contribution in [0.1, 0.15) is 18.4 Å². The smallest absolute Gasteiger partial charge is 0.193 e. The molecule has 0 saturated carbocycles. The van der Waals surface area contributed by atoms with Crippen LogP contribution in [0.25, 0.3) is 0 Å². The number of guanidine groups is 1. The van der Waals surface area contributed by atoms with E-state index in [1.807, 2.05) is 7.05 Å². The minimum absolute atomic E-state index is 0.0479. The lowest BCUT2D eigenvalue weighted by atomic mass is 9.74. The van der Waals surface area contributed by atoms with Crippen molar-refractivity contribution in [3.8, 4) is 5.75 Å². The Balaban J connectivity index is 1.40. The van der Waals surface area contributed by atoms with E-state index in [0.29, 0.717) is 0 Å². The van der Waals surface area contributed by atoms with Gasteiger partial charge in [-0.2, -0.15) is 0 Å². The molecule has 0 aliphatic carbocycles. The van der Waals surface area contributed by atoms with Gasteiger partial charge in [0.05, 0.1) is 7.11 Å². The summed E-state index contributed by atoms with van der Waals surface area (Å²) in [6.45, 7) is 6.38. The quantitative estimate of drug-likeness (QED) is 0.593. The number of anilines is 1. The van der Waals surface area contributed by atoms with E-state index in [1.165, 1.54) is 11.3 Å². The second-order valence-electron chi connectivity index (χ2n) is 8.33. The van der Waals surface area contributed by atoms with Gasteiger partial charge in [0.2, 0.25) is 0 Å². The zero-order valence-corrected chi connectivity index (χ0v) is 18.7. The molecule has 0 atom stereocenters. The highest BCUT2D eigenvalue weighted by atomic mass is 16.5. The maximum Gasteiger partial charge on any atom is 0.193 e. The standard InChI is InChI=1S/C25H34N4O2/c1-26-24(29-16-14-28(15-17-29)22-6-4-3-5-7-22)27-20-25(12-18-31-19-13-25)21-8-10-23(30-2)11-9-21/h3-11H,12-20H2,1-2H3,(H,26,27). The van der Waals surface area contributed by atoms with Crippen LogP contribution in [0, 0.1) is 0 Å². The highest BCUT2D eigenvalue weighted by molar-refractivity contribution is 5.80. The number of hydrogen-bond donors (Lipinski definition) is 1. The fraction of sp³-hybridized carbons (Fsp3) is 0.480. The molecule has 4 rings (SSSR count). The topological polar surface area (TPSA) is 49.3 Å². The van der Waals surface area contributed by atoms with Gasteiger partial charge < -0.3 is 24.6 Å². The van der Waals surface area contributed by atoms with E-state index in [0.717, 1.165) is 70.5 Å². The summed E-state index contributed by atoms with van der Waals surface area (Å²) in [4.78, 5) is 9.43. The summed E-state index contributed by atoms with van der Waals surface area (Å²) in [6.07, 6.45) is 2.01. The minimum Gasteiger partial charge on any atom is -0.497 e. The fourth-order valence-corrected chi connectivity index (χ4v) is 4.67. The van der Waals surface area contributed by atoms with Crippen molar-refractivity contribution in [3.63, 3.8) is 0 Å². The molecule has 0 bridgehead atoms. The highest BCUT2D eigenvalue weighted by Gasteiger charge is 2.35. The van der Waals surface area contributed by atoms with Gasteiger partial charge in [-0.25, -0.2) is 0 Å². The third kappa shape index (κ3) is 4.96. The molecule has 1 N–H and O–H groups in total. The van der Waals surface area contributed by atoms with E-state index in [2.05, 4.69) is 74.7 Å². The Morgan fingerprint density at radius 3 is 2.29 bits per heavy atom. The summed E-state index contributed by atoms with van der Waals surface area (Å²) in [5, 5.41) is 3.70. The number of aliphatic imine (C=N–C) groups is 1. The summed E-state index contributed by atoms with van der Waals surface area (Å²) in [7, 11) is 3.60. The lowest BCUT2D eigenvalue weighted by Gasteiger charge is -2.41. The largest absolute Gasteiger partial charge is 0.497 e. The van der Waals surface area contributed by atoms with Crippen molar-refractivity contribution in [1.29, 1.82) is 0 Å². The molecular weight excluding hydrogens is 388 g/mol. The van der Waals surface area contributed by atoms with E-state index in [-0.39, 0.29) is 5.41 Å². The Hall–Kier alpha value is -2.73. The molecule has 2 heterocycles. The Morgan fingerprint density at radius 1 is 1.00 bits per heavy atom.